The van der Waals surface area contributed by atoms with Gasteiger partial charge < -0.3 is 24.6 Å². The number of hydrogen-bond donors (Lipinski definition) is 1. The van der Waals surface area contributed by atoms with Crippen molar-refractivity contribution in [2.75, 3.05) is 39.8 Å². The number of nitrogens with one attached hydrogen (secondary N) is 1. The molecule has 0 radical (unpaired) electrons. The minimum Gasteiger partial charge on any atom is -0.493 e. The van der Waals surface area contributed by atoms with E-state index in [2.05, 4.69) is 10.3 Å². The van der Waals surface area contributed by atoms with Crippen LogP contribution in [0.2, 0.25) is 0 Å². The summed E-state index contributed by atoms with van der Waals surface area (Å²) >= 11 is 0. The first-order chi connectivity index (χ1) is 18.2. The predicted octanol–water partition coefficient (Wildman–Crippen LogP) is 4.99. The van der Waals surface area contributed by atoms with Crippen molar-refractivity contribution in [2.45, 2.75) is 64.5 Å². The molecular weight excluding hydrogens is 480 g/mol. The highest BCUT2D eigenvalue weighted by molar-refractivity contribution is 5.95. The molecule has 0 saturated carbocycles. The van der Waals surface area contributed by atoms with E-state index >= 15 is 0 Å². The van der Waals surface area contributed by atoms with Crippen molar-refractivity contribution in [1.82, 2.24) is 20.1 Å². The Labute approximate surface area is 226 Å². The van der Waals surface area contributed by atoms with Gasteiger partial charge in [-0.15, -0.1) is 0 Å². The van der Waals surface area contributed by atoms with Crippen molar-refractivity contribution in [3.8, 4) is 16.9 Å². The van der Waals surface area contributed by atoms with Crippen LogP contribution in [0, 0.1) is 5.92 Å². The largest absolute Gasteiger partial charge is 0.493 e. The van der Waals surface area contributed by atoms with Gasteiger partial charge in [-0.2, -0.15) is 0 Å². The first-order valence-electron chi connectivity index (χ1n) is 13.9. The third-order valence-electron chi connectivity index (χ3n) is 7.36. The zero-order valence-corrected chi connectivity index (χ0v) is 23.2. The summed E-state index contributed by atoms with van der Waals surface area (Å²) in [5.74, 6) is 1.07. The first-order valence-corrected chi connectivity index (χ1v) is 13.9. The molecule has 2 aromatic rings. The zero-order valence-electron chi connectivity index (χ0n) is 23.2. The van der Waals surface area contributed by atoms with Crippen LogP contribution in [0.4, 0.5) is 4.79 Å². The monoisotopic (exact) mass is 522 g/mol. The van der Waals surface area contributed by atoms with Crippen LogP contribution in [0.3, 0.4) is 0 Å². The molecule has 4 rings (SSSR count). The maximum atomic E-state index is 13.7. The summed E-state index contributed by atoms with van der Waals surface area (Å²) in [5.41, 5.74) is 1.87. The maximum Gasteiger partial charge on any atom is 0.410 e. The van der Waals surface area contributed by atoms with E-state index in [4.69, 9.17) is 9.47 Å². The molecule has 2 bridgehead atoms. The van der Waals surface area contributed by atoms with Crippen LogP contribution in [-0.2, 0) is 4.74 Å². The van der Waals surface area contributed by atoms with Crippen molar-refractivity contribution >= 4 is 12.0 Å². The van der Waals surface area contributed by atoms with Gasteiger partial charge in [-0.1, -0.05) is 18.2 Å². The van der Waals surface area contributed by atoms with Gasteiger partial charge in [0.1, 0.15) is 11.4 Å². The van der Waals surface area contributed by atoms with Gasteiger partial charge in [0, 0.05) is 49.7 Å². The summed E-state index contributed by atoms with van der Waals surface area (Å²) < 4.78 is 11.7. The quantitative estimate of drug-likeness (QED) is 0.568. The number of ether oxygens (including phenoxy) is 2. The van der Waals surface area contributed by atoms with Crippen LogP contribution >= 0.6 is 0 Å². The Balaban J connectivity index is 1.54. The molecule has 1 atom stereocenters. The molecule has 8 nitrogen and oxygen atoms in total. The third-order valence-corrected chi connectivity index (χ3v) is 7.36. The van der Waals surface area contributed by atoms with E-state index in [0.29, 0.717) is 31.2 Å². The molecule has 2 amide bonds. The summed E-state index contributed by atoms with van der Waals surface area (Å²) in [6.07, 6.45) is 7.69. The standard InChI is InChI=1S/C30H42N4O4/c1-30(2,3)38-29(36)34-16-12-22(13-17-34)26-11-15-31-14-7-8-18-37-27-10-6-5-9-25(27)23-19-24(21-32-20-23)28(35)33(26)4/h5-6,9-10,19-22,26,31H,7-8,11-18H2,1-4H3. The van der Waals surface area contributed by atoms with Crippen molar-refractivity contribution in [2.24, 2.45) is 5.92 Å². The average molecular weight is 523 g/mol. The van der Waals surface area contributed by atoms with Crippen LogP contribution in [0.1, 0.15) is 63.2 Å². The number of benzene rings is 1. The predicted molar refractivity (Wildman–Crippen MR) is 148 cm³/mol. The highest BCUT2D eigenvalue weighted by atomic mass is 16.6. The van der Waals surface area contributed by atoms with Gasteiger partial charge >= 0.3 is 6.09 Å². The summed E-state index contributed by atoms with van der Waals surface area (Å²) in [6.45, 7) is 9.33. The molecule has 1 aromatic heterocycles. The number of fused-ring (bicyclic) bond motifs is 4. The molecule has 2 aliphatic rings. The number of para-hydroxylation sites is 1. The Bertz CT molecular complexity index is 1090. The Morgan fingerprint density at radius 2 is 1.79 bits per heavy atom. The molecule has 0 aliphatic carbocycles. The lowest BCUT2D eigenvalue weighted by Crippen LogP contribution is -2.49. The summed E-state index contributed by atoms with van der Waals surface area (Å²) in [7, 11) is 1.90. The van der Waals surface area contributed by atoms with Crippen LogP contribution in [-0.4, -0.2) is 78.3 Å². The Kier molecular flexibility index (Phi) is 9.26. The number of piperidine rings is 1. The molecule has 8 heteroatoms. The fourth-order valence-corrected chi connectivity index (χ4v) is 5.34. The fourth-order valence-electron chi connectivity index (χ4n) is 5.34. The number of hydrogen-bond acceptors (Lipinski definition) is 6. The van der Waals surface area contributed by atoms with Gasteiger partial charge in [0.2, 0.25) is 0 Å². The van der Waals surface area contributed by atoms with E-state index < -0.39 is 5.60 Å². The summed E-state index contributed by atoms with van der Waals surface area (Å²) in [6, 6.07) is 9.90. The minimum atomic E-state index is -0.509. The Morgan fingerprint density at radius 3 is 2.55 bits per heavy atom. The third kappa shape index (κ3) is 7.25. The lowest BCUT2D eigenvalue weighted by molar-refractivity contribution is 0.0131. The van der Waals surface area contributed by atoms with Gasteiger partial charge in [0.15, 0.2) is 0 Å². The fraction of sp³-hybridized carbons (Fsp3) is 0.567. The van der Waals surface area contributed by atoms with Crippen molar-refractivity contribution < 1.29 is 19.1 Å². The molecule has 2 aliphatic heterocycles. The topological polar surface area (TPSA) is 84.0 Å². The second-order valence-corrected chi connectivity index (χ2v) is 11.3. The van der Waals surface area contributed by atoms with E-state index in [0.717, 1.165) is 62.1 Å². The van der Waals surface area contributed by atoms with Crippen LogP contribution in [0.15, 0.2) is 42.7 Å². The molecule has 1 N–H and O–H groups in total. The van der Waals surface area contributed by atoms with Gasteiger partial charge in [-0.05, 0) is 84.0 Å². The lowest BCUT2D eigenvalue weighted by Gasteiger charge is -2.40. The molecule has 38 heavy (non-hydrogen) atoms. The molecule has 0 spiro atoms. The van der Waals surface area contributed by atoms with E-state index in [1.807, 2.05) is 63.1 Å². The first kappa shape index (κ1) is 27.9. The SMILES string of the molecule is CN1C(=O)c2cncc(c2)-c2ccccc2OCCCCNCCC1C1CCN(C(=O)OC(C)(C)C)CC1. The summed E-state index contributed by atoms with van der Waals surface area (Å²) in [5, 5.41) is 3.56. The zero-order chi connectivity index (χ0) is 27.1. The normalized spacial score (nSPS) is 20.4. The average Bonchev–Trinajstić information content (AvgIpc) is 2.90. The van der Waals surface area contributed by atoms with Gasteiger partial charge in [0.25, 0.3) is 5.91 Å². The number of pyridine rings is 1. The smallest absolute Gasteiger partial charge is 0.410 e. The maximum absolute atomic E-state index is 13.7. The molecule has 1 unspecified atom stereocenters. The van der Waals surface area contributed by atoms with E-state index in [9.17, 15) is 9.59 Å². The molecular formula is C30H42N4O4. The highest BCUT2D eigenvalue weighted by Crippen LogP contribution is 2.31. The molecule has 1 aromatic carbocycles. The molecule has 206 valence electrons. The van der Waals surface area contributed by atoms with Crippen LogP contribution < -0.4 is 10.1 Å². The Morgan fingerprint density at radius 1 is 1.05 bits per heavy atom. The number of amides is 2. The number of likely N-dealkylation sites (tertiary alicyclic amines) is 1. The van der Waals surface area contributed by atoms with Crippen LogP contribution in [0.5, 0.6) is 5.75 Å². The van der Waals surface area contributed by atoms with Crippen molar-refractivity contribution in [1.29, 1.82) is 0 Å². The second-order valence-electron chi connectivity index (χ2n) is 11.3. The summed E-state index contributed by atoms with van der Waals surface area (Å²) in [4.78, 5) is 34.4. The lowest BCUT2D eigenvalue weighted by atomic mass is 9.86. The molecule has 1 saturated heterocycles. The number of carbonyl (C=O) groups excluding carboxylic acids is 2. The highest BCUT2D eigenvalue weighted by Gasteiger charge is 2.34. The van der Waals surface area contributed by atoms with E-state index in [1.54, 1.807) is 17.3 Å². The number of rotatable bonds is 1. The molecule has 1 fully saturated rings. The van der Waals surface area contributed by atoms with Gasteiger partial charge in [0.05, 0.1) is 12.2 Å². The van der Waals surface area contributed by atoms with Gasteiger partial charge in [-0.3, -0.25) is 9.78 Å². The van der Waals surface area contributed by atoms with Crippen LogP contribution in [0.25, 0.3) is 11.1 Å². The van der Waals surface area contributed by atoms with Crippen molar-refractivity contribution in [3.63, 3.8) is 0 Å². The Hall–Kier alpha value is -3.13. The van der Waals surface area contributed by atoms with Crippen molar-refractivity contribution in [3.05, 3.63) is 48.3 Å². The number of carbonyl (C=O) groups is 2. The molecule has 3 heterocycles. The van der Waals surface area contributed by atoms with E-state index in [-0.39, 0.29) is 18.0 Å². The minimum absolute atomic E-state index is 0.0376. The van der Waals surface area contributed by atoms with Gasteiger partial charge in [-0.25, -0.2) is 4.79 Å². The second kappa shape index (κ2) is 12.6. The van der Waals surface area contributed by atoms with E-state index in [1.165, 1.54) is 0 Å². The number of aromatic nitrogens is 1. The number of nitrogens with zero attached hydrogens (tertiary/aromatic N) is 3.